The largest absolute Gasteiger partial charge is 0.467 e. The van der Waals surface area contributed by atoms with Crippen LogP contribution in [0.4, 0.5) is 0 Å². The third kappa shape index (κ3) is 3.44. The molecule has 1 aromatic carbocycles. The first-order chi connectivity index (χ1) is 10.2. The zero-order valence-corrected chi connectivity index (χ0v) is 12.0. The highest BCUT2D eigenvalue weighted by atomic mass is 16.5. The molecule has 0 amide bonds. The summed E-state index contributed by atoms with van der Waals surface area (Å²) in [6.07, 6.45) is 0. The third-order valence-corrected chi connectivity index (χ3v) is 2.59. The second-order valence-corrected chi connectivity index (χ2v) is 3.93. The van der Waals surface area contributed by atoms with Gasteiger partial charge in [-0.3, -0.25) is 0 Å². The first-order valence-corrected chi connectivity index (χ1v) is 6.29. The summed E-state index contributed by atoms with van der Waals surface area (Å²) in [6.45, 7) is 2.07. The molecular formula is C14H15N3O4. The van der Waals surface area contributed by atoms with Crippen LogP contribution in [-0.2, 0) is 4.74 Å². The molecule has 0 spiro atoms. The number of ether oxygens (including phenoxy) is 3. The number of esters is 1. The minimum absolute atomic E-state index is 0.137. The summed E-state index contributed by atoms with van der Waals surface area (Å²) in [4.78, 5) is 24.0. The van der Waals surface area contributed by atoms with Gasteiger partial charge in [0.25, 0.3) is 0 Å². The van der Waals surface area contributed by atoms with E-state index >= 15 is 0 Å². The number of hydrogen-bond acceptors (Lipinski definition) is 7. The van der Waals surface area contributed by atoms with Crippen molar-refractivity contribution in [2.24, 2.45) is 0 Å². The molecule has 0 bridgehead atoms. The molecule has 0 aliphatic heterocycles. The van der Waals surface area contributed by atoms with E-state index in [2.05, 4.69) is 15.0 Å². The maximum Gasteiger partial charge on any atom is 0.338 e. The van der Waals surface area contributed by atoms with Crippen molar-refractivity contribution in [3.63, 3.8) is 0 Å². The number of benzene rings is 1. The summed E-state index contributed by atoms with van der Waals surface area (Å²) in [5.74, 6) is -0.0443. The number of hydrogen-bond donors (Lipinski definition) is 0. The number of nitrogens with zero attached hydrogens (tertiary/aromatic N) is 3. The van der Waals surface area contributed by atoms with Crippen LogP contribution in [0.15, 0.2) is 24.3 Å². The van der Waals surface area contributed by atoms with Gasteiger partial charge in [0.15, 0.2) is 5.82 Å². The fourth-order valence-corrected chi connectivity index (χ4v) is 1.65. The van der Waals surface area contributed by atoms with Gasteiger partial charge in [-0.2, -0.15) is 9.97 Å². The molecule has 7 heteroatoms. The first kappa shape index (κ1) is 14.7. The Labute approximate surface area is 121 Å². The van der Waals surface area contributed by atoms with Crippen molar-refractivity contribution in [1.82, 2.24) is 15.0 Å². The van der Waals surface area contributed by atoms with Crippen molar-refractivity contribution < 1.29 is 19.0 Å². The molecule has 7 nitrogen and oxygen atoms in total. The van der Waals surface area contributed by atoms with Crippen molar-refractivity contribution in [2.45, 2.75) is 6.92 Å². The van der Waals surface area contributed by atoms with Gasteiger partial charge in [0, 0.05) is 5.56 Å². The molecule has 0 aliphatic carbocycles. The van der Waals surface area contributed by atoms with Gasteiger partial charge in [-0.15, -0.1) is 4.98 Å². The minimum atomic E-state index is -0.396. The maximum atomic E-state index is 11.7. The average Bonchev–Trinajstić information content (AvgIpc) is 2.54. The lowest BCUT2D eigenvalue weighted by Gasteiger charge is -2.06. The van der Waals surface area contributed by atoms with Gasteiger partial charge in [-0.1, -0.05) is 12.1 Å². The van der Waals surface area contributed by atoms with Crippen LogP contribution in [-0.4, -0.2) is 41.7 Å². The second kappa shape index (κ2) is 6.65. The minimum Gasteiger partial charge on any atom is -0.467 e. The fourth-order valence-electron chi connectivity index (χ4n) is 1.65. The lowest BCUT2D eigenvalue weighted by molar-refractivity contribution is 0.0526. The van der Waals surface area contributed by atoms with Crippen molar-refractivity contribution in [1.29, 1.82) is 0 Å². The van der Waals surface area contributed by atoms with E-state index < -0.39 is 5.97 Å². The van der Waals surface area contributed by atoms with Gasteiger partial charge in [0.2, 0.25) is 0 Å². The summed E-state index contributed by atoms with van der Waals surface area (Å²) in [7, 11) is 2.90. The van der Waals surface area contributed by atoms with Gasteiger partial charge in [0.05, 0.1) is 26.4 Å². The monoisotopic (exact) mass is 289 g/mol. The maximum absolute atomic E-state index is 11.7. The topological polar surface area (TPSA) is 83.4 Å². The van der Waals surface area contributed by atoms with Crippen molar-refractivity contribution in [2.75, 3.05) is 20.8 Å². The molecule has 0 atom stereocenters. The molecule has 0 N–H and O–H groups in total. The van der Waals surface area contributed by atoms with E-state index in [4.69, 9.17) is 14.2 Å². The van der Waals surface area contributed by atoms with Gasteiger partial charge in [-0.05, 0) is 19.1 Å². The lowest BCUT2D eigenvalue weighted by atomic mass is 10.1. The van der Waals surface area contributed by atoms with E-state index in [1.807, 2.05) is 0 Å². The highest BCUT2D eigenvalue weighted by Crippen LogP contribution is 2.21. The van der Waals surface area contributed by atoms with E-state index in [1.54, 1.807) is 31.2 Å². The summed E-state index contributed by atoms with van der Waals surface area (Å²) in [5.41, 5.74) is 1.06. The predicted molar refractivity (Wildman–Crippen MR) is 74.3 cm³/mol. The Hall–Kier alpha value is -2.70. The number of carbonyl (C=O) groups is 1. The SMILES string of the molecule is CCOC(=O)c1cccc(-c2nc(OC)nc(OC)n2)c1. The highest BCUT2D eigenvalue weighted by Gasteiger charge is 2.12. The lowest BCUT2D eigenvalue weighted by Crippen LogP contribution is -2.05. The van der Waals surface area contributed by atoms with E-state index in [-0.39, 0.29) is 12.0 Å². The number of rotatable bonds is 5. The fraction of sp³-hybridized carbons (Fsp3) is 0.286. The molecule has 0 unspecified atom stereocenters. The average molecular weight is 289 g/mol. The van der Waals surface area contributed by atoms with E-state index in [0.29, 0.717) is 23.6 Å². The molecule has 0 saturated carbocycles. The van der Waals surface area contributed by atoms with Crippen molar-refractivity contribution in [3.05, 3.63) is 29.8 Å². The van der Waals surface area contributed by atoms with Gasteiger partial charge >= 0.3 is 18.0 Å². The zero-order chi connectivity index (χ0) is 15.2. The smallest absolute Gasteiger partial charge is 0.338 e. The van der Waals surface area contributed by atoms with Crippen LogP contribution < -0.4 is 9.47 Å². The van der Waals surface area contributed by atoms with Gasteiger partial charge in [-0.25, -0.2) is 4.79 Å². The third-order valence-electron chi connectivity index (χ3n) is 2.59. The number of methoxy groups -OCH3 is 2. The molecular weight excluding hydrogens is 274 g/mol. The van der Waals surface area contributed by atoms with Crippen LogP contribution in [0.25, 0.3) is 11.4 Å². The molecule has 0 aliphatic rings. The zero-order valence-electron chi connectivity index (χ0n) is 12.0. The Bertz CT molecular complexity index is 624. The molecule has 0 radical (unpaired) electrons. The Morgan fingerprint density at radius 3 is 2.33 bits per heavy atom. The normalized spacial score (nSPS) is 10.0. The molecule has 110 valence electrons. The Kier molecular flexibility index (Phi) is 4.65. The Morgan fingerprint density at radius 1 is 1.10 bits per heavy atom. The second-order valence-electron chi connectivity index (χ2n) is 3.93. The Morgan fingerprint density at radius 2 is 1.76 bits per heavy atom. The molecule has 1 heterocycles. The molecule has 21 heavy (non-hydrogen) atoms. The van der Waals surface area contributed by atoms with Crippen LogP contribution in [0.1, 0.15) is 17.3 Å². The van der Waals surface area contributed by atoms with Crippen LogP contribution in [0.2, 0.25) is 0 Å². The highest BCUT2D eigenvalue weighted by molar-refractivity contribution is 5.90. The quantitative estimate of drug-likeness (QED) is 0.775. The molecule has 1 aromatic heterocycles. The summed E-state index contributed by atoms with van der Waals surface area (Å²) >= 11 is 0. The van der Waals surface area contributed by atoms with Crippen LogP contribution in [0.5, 0.6) is 12.0 Å². The van der Waals surface area contributed by atoms with Gasteiger partial charge in [0.1, 0.15) is 0 Å². The van der Waals surface area contributed by atoms with Crippen molar-refractivity contribution >= 4 is 5.97 Å². The van der Waals surface area contributed by atoms with Crippen LogP contribution in [0, 0.1) is 0 Å². The van der Waals surface area contributed by atoms with Gasteiger partial charge < -0.3 is 14.2 Å². The number of aromatic nitrogens is 3. The summed E-state index contributed by atoms with van der Waals surface area (Å²) in [5, 5.41) is 0. The van der Waals surface area contributed by atoms with E-state index in [9.17, 15) is 4.79 Å². The molecule has 2 aromatic rings. The van der Waals surface area contributed by atoms with Crippen LogP contribution >= 0.6 is 0 Å². The van der Waals surface area contributed by atoms with E-state index in [0.717, 1.165) is 0 Å². The molecule has 2 rings (SSSR count). The Balaban J connectivity index is 2.42. The number of carbonyl (C=O) groups excluding carboxylic acids is 1. The molecule has 0 saturated heterocycles. The predicted octanol–water partition coefficient (Wildman–Crippen LogP) is 1.73. The summed E-state index contributed by atoms with van der Waals surface area (Å²) in [6, 6.07) is 7.08. The van der Waals surface area contributed by atoms with E-state index in [1.165, 1.54) is 14.2 Å². The standard InChI is InChI=1S/C14H15N3O4/c1-4-21-12(18)10-7-5-6-9(8-10)11-15-13(19-2)17-14(16-11)20-3/h5-8H,4H2,1-3H3. The molecule has 0 fully saturated rings. The van der Waals surface area contributed by atoms with Crippen molar-refractivity contribution in [3.8, 4) is 23.4 Å². The van der Waals surface area contributed by atoms with Crippen LogP contribution in [0.3, 0.4) is 0 Å². The first-order valence-electron chi connectivity index (χ1n) is 6.29. The summed E-state index contributed by atoms with van der Waals surface area (Å²) < 4.78 is 15.0.